The summed E-state index contributed by atoms with van der Waals surface area (Å²) in [5.74, 6) is -0.993. The number of nitrogens with one attached hydrogen (secondary N) is 1. The largest absolute Gasteiger partial charge is 0.480 e. The molecule has 1 atom stereocenters. The number of carbonyl (C=O) groups excluding carboxylic acids is 1. The van der Waals surface area contributed by atoms with E-state index < -0.39 is 12.0 Å². The number of carboxylic acid groups (broad SMARTS) is 1. The van der Waals surface area contributed by atoms with E-state index in [1.54, 1.807) is 4.90 Å². The number of carboxylic acids is 1. The van der Waals surface area contributed by atoms with Crippen LogP contribution in [0.3, 0.4) is 0 Å². The average molecular weight is 254 g/mol. The summed E-state index contributed by atoms with van der Waals surface area (Å²) in [5, 5.41) is 11.3. The molecule has 102 valence electrons. The van der Waals surface area contributed by atoms with Gasteiger partial charge in [0.1, 0.15) is 6.04 Å². The highest BCUT2D eigenvalue weighted by atomic mass is 16.4. The molecular weight excluding hydrogens is 232 g/mol. The van der Waals surface area contributed by atoms with Crippen molar-refractivity contribution in [2.75, 3.05) is 13.1 Å². The third kappa shape index (κ3) is 2.76. The van der Waals surface area contributed by atoms with Gasteiger partial charge in [-0.1, -0.05) is 12.8 Å². The molecule has 1 aliphatic heterocycles. The molecular formula is C13H22N2O3. The fourth-order valence-corrected chi connectivity index (χ4v) is 3.15. The lowest BCUT2D eigenvalue weighted by molar-refractivity contribution is -0.138. The first-order chi connectivity index (χ1) is 8.52. The number of aliphatic carboxylic acids is 1. The predicted octanol–water partition coefficient (Wildman–Crippen LogP) is 1.83. The highest BCUT2D eigenvalue weighted by Crippen LogP contribution is 2.46. The Morgan fingerprint density at radius 1 is 1.17 bits per heavy atom. The van der Waals surface area contributed by atoms with Gasteiger partial charge in [-0.15, -0.1) is 0 Å². The third-order valence-corrected chi connectivity index (χ3v) is 4.49. The van der Waals surface area contributed by atoms with E-state index in [1.165, 1.54) is 32.6 Å². The Labute approximate surface area is 108 Å². The molecule has 18 heavy (non-hydrogen) atoms. The van der Waals surface area contributed by atoms with Crippen LogP contribution in [-0.2, 0) is 4.79 Å². The second-order valence-corrected chi connectivity index (χ2v) is 5.70. The third-order valence-electron chi connectivity index (χ3n) is 4.49. The van der Waals surface area contributed by atoms with Crippen LogP contribution in [0.2, 0.25) is 0 Å². The summed E-state index contributed by atoms with van der Waals surface area (Å²) in [7, 11) is 0. The summed E-state index contributed by atoms with van der Waals surface area (Å²) < 4.78 is 0. The van der Waals surface area contributed by atoms with E-state index in [-0.39, 0.29) is 6.03 Å². The Morgan fingerprint density at radius 3 is 2.22 bits per heavy atom. The number of rotatable bonds is 2. The molecule has 1 aliphatic carbocycles. The fraction of sp³-hybridized carbons (Fsp3) is 0.846. The summed E-state index contributed by atoms with van der Waals surface area (Å²) in [6, 6.07) is -1.06. The maximum Gasteiger partial charge on any atom is 0.325 e. The molecule has 0 radical (unpaired) electrons. The summed E-state index contributed by atoms with van der Waals surface area (Å²) >= 11 is 0. The van der Waals surface area contributed by atoms with Gasteiger partial charge in [-0.05, 0) is 38.0 Å². The lowest BCUT2D eigenvalue weighted by Gasteiger charge is -2.39. The normalized spacial score (nSPS) is 23.9. The number of hydrogen-bond donors (Lipinski definition) is 2. The number of nitrogens with zero attached hydrogens (tertiary/aromatic N) is 1. The molecule has 2 N–H and O–H groups in total. The SMILES string of the molecule is C[C@H](NC(=O)N1CCC2(CCCC2)CC1)C(=O)O. The van der Waals surface area contributed by atoms with E-state index in [2.05, 4.69) is 5.32 Å². The van der Waals surface area contributed by atoms with Gasteiger partial charge in [-0.3, -0.25) is 4.79 Å². The van der Waals surface area contributed by atoms with Crippen molar-refractivity contribution in [3.8, 4) is 0 Å². The van der Waals surface area contributed by atoms with Crippen LogP contribution in [0.25, 0.3) is 0 Å². The zero-order chi connectivity index (χ0) is 13.2. The zero-order valence-corrected chi connectivity index (χ0v) is 10.9. The van der Waals surface area contributed by atoms with Gasteiger partial charge < -0.3 is 15.3 Å². The van der Waals surface area contributed by atoms with Crippen LogP contribution in [0.1, 0.15) is 45.4 Å². The smallest absolute Gasteiger partial charge is 0.325 e. The summed E-state index contributed by atoms with van der Waals surface area (Å²) in [4.78, 5) is 24.3. The lowest BCUT2D eigenvalue weighted by atomic mass is 9.77. The van der Waals surface area contributed by atoms with Crippen molar-refractivity contribution in [2.24, 2.45) is 5.41 Å². The van der Waals surface area contributed by atoms with Crippen LogP contribution < -0.4 is 5.32 Å². The van der Waals surface area contributed by atoms with Gasteiger partial charge in [0.15, 0.2) is 0 Å². The van der Waals surface area contributed by atoms with E-state index in [0.717, 1.165) is 25.9 Å². The van der Waals surface area contributed by atoms with E-state index >= 15 is 0 Å². The summed E-state index contributed by atoms with van der Waals surface area (Å²) in [5.41, 5.74) is 0.481. The zero-order valence-electron chi connectivity index (χ0n) is 10.9. The van der Waals surface area contributed by atoms with Crippen molar-refractivity contribution < 1.29 is 14.7 Å². The van der Waals surface area contributed by atoms with Crippen molar-refractivity contribution in [3.05, 3.63) is 0 Å². The van der Waals surface area contributed by atoms with Crippen LogP contribution >= 0.6 is 0 Å². The van der Waals surface area contributed by atoms with Crippen molar-refractivity contribution >= 4 is 12.0 Å². The number of likely N-dealkylation sites (tertiary alicyclic amines) is 1. The van der Waals surface area contributed by atoms with Gasteiger partial charge in [0.05, 0.1) is 0 Å². The van der Waals surface area contributed by atoms with E-state index in [9.17, 15) is 9.59 Å². The number of piperidine rings is 1. The van der Waals surface area contributed by atoms with Crippen LogP contribution in [-0.4, -0.2) is 41.1 Å². The minimum Gasteiger partial charge on any atom is -0.480 e. The molecule has 0 aromatic rings. The van der Waals surface area contributed by atoms with E-state index in [4.69, 9.17) is 5.11 Å². The molecule has 0 aromatic carbocycles. The van der Waals surface area contributed by atoms with Crippen LogP contribution in [0, 0.1) is 5.41 Å². The van der Waals surface area contributed by atoms with Crippen molar-refractivity contribution in [2.45, 2.75) is 51.5 Å². The molecule has 2 amide bonds. The first kappa shape index (κ1) is 13.2. The number of urea groups is 1. The molecule has 1 saturated heterocycles. The molecule has 0 unspecified atom stereocenters. The Bertz CT molecular complexity index is 327. The van der Waals surface area contributed by atoms with Gasteiger partial charge in [0.2, 0.25) is 0 Å². The molecule has 1 saturated carbocycles. The van der Waals surface area contributed by atoms with Gasteiger partial charge >= 0.3 is 12.0 Å². The van der Waals surface area contributed by atoms with E-state index in [0.29, 0.717) is 5.41 Å². The Balaban J connectivity index is 1.82. The quantitative estimate of drug-likeness (QED) is 0.789. The molecule has 2 fully saturated rings. The second kappa shape index (κ2) is 5.16. The Hall–Kier alpha value is -1.26. The standard InChI is InChI=1S/C13H22N2O3/c1-10(11(16)17)14-12(18)15-8-6-13(7-9-15)4-2-3-5-13/h10H,2-9H2,1H3,(H,14,18)(H,16,17)/t10-/m0/s1. The minimum absolute atomic E-state index is 0.238. The maximum absolute atomic E-state index is 11.9. The molecule has 0 bridgehead atoms. The fourth-order valence-electron chi connectivity index (χ4n) is 3.15. The Morgan fingerprint density at radius 2 is 1.72 bits per heavy atom. The second-order valence-electron chi connectivity index (χ2n) is 5.70. The van der Waals surface area contributed by atoms with Gasteiger partial charge in [-0.2, -0.15) is 0 Å². The van der Waals surface area contributed by atoms with Gasteiger partial charge in [0, 0.05) is 13.1 Å². The molecule has 0 aromatic heterocycles. The lowest BCUT2D eigenvalue weighted by Crippen LogP contribution is -2.50. The van der Waals surface area contributed by atoms with Gasteiger partial charge in [0.25, 0.3) is 0 Å². The molecule has 2 rings (SSSR count). The molecule has 1 heterocycles. The van der Waals surface area contributed by atoms with Crippen molar-refractivity contribution in [1.29, 1.82) is 0 Å². The van der Waals surface area contributed by atoms with Gasteiger partial charge in [-0.25, -0.2) is 4.79 Å². The number of hydrogen-bond acceptors (Lipinski definition) is 2. The summed E-state index contributed by atoms with van der Waals surface area (Å²) in [6.07, 6.45) is 7.39. The van der Waals surface area contributed by atoms with Crippen molar-refractivity contribution in [1.82, 2.24) is 10.2 Å². The van der Waals surface area contributed by atoms with E-state index in [1.807, 2.05) is 0 Å². The highest BCUT2D eigenvalue weighted by molar-refractivity contribution is 5.82. The predicted molar refractivity (Wildman–Crippen MR) is 67.3 cm³/mol. The molecule has 1 spiro atoms. The molecule has 2 aliphatic rings. The topological polar surface area (TPSA) is 69.6 Å². The first-order valence-electron chi connectivity index (χ1n) is 6.81. The Kier molecular flexibility index (Phi) is 3.78. The van der Waals surface area contributed by atoms with Crippen LogP contribution in [0.5, 0.6) is 0 Å². The monoisotopic (exact) mass is 254 g/mol. The number of carbonyl (C=O) groups is 2. The molecule has 5 nitrogen and oxygen atoms in total. The van der Waals surface area contributed by atoms with Crippen molar-refractivity contribution in [3.63, 3.8) is 0 Å². The minimum atomic E-state index is -0.993. The number of amides is 2. The van der Waals surface area contributed by atoms with Crippen LogP contribution in [0.15, 0.2) is 0 Å². The maximum atomic E-state index is 11.9. The first-order valence-corrected chi connectivity index (χ1v) is 6.81. The molecule has 5 heteroatoms. The van der Waals surface area contributed by atoms with Crippen LogP contribution in [0.4, 0.5) is 4.79 Å². The average Bonchev–Trinajstić information content (AvgIpc) is 2.78. The summed E-state index contributed by atoms with van der Waals surface area (Å²) in [6.45, 7) is 3.01. The highest BCUT2D eigenvalue weighted by Gasteiger charge is 2.38.